The van der Waals surface area contributed by atoms with Crippen molar-refractivity contribution in [1.82, 2.24) is 4.98 Å². The van der Waals surface area contributed by atoms with E-state index in [0.717, 1.165) is 39.6 Å². The standard InChI is InChI=1S/C21H26N2O3/c1-6-7-10-25-20-11-15(2)21(16(3)12-20)26-14-19-13-18(8-9-22-19)17(4)23-24-5/h6-9,11-13H,10,14H2,1-5H3/b7-6+,23-17?. The van der Waals surface area contributed by atoms with Gasteiger partial charge in [0.15, 0.2) is 0 Å². The lowest BCUT2D eigenvalue weighted by atomic mass is 10.1. The highest BCUT2D eigenvalue weighted by molar-refractivity contribution is 5.98. The van der Waals surface area contributed by atoms with Gasteiger partial charge in [-0.3, -0.25) is 4.98 Å². The molecule has 0 atom stereocenters. The molecule has 0 amide bonds. The van der Waals surface area contributed by atoms with Crippen LogP contribution >= 0.6 is 0 Å². The highest BCUT2D eigenvalue weighted by atomic mass is 16.6. The quantitative estimate of drug-likeness (QED) is 0.395. The Bertz CT molecular complexity index is 775. The molecule has 0 fully saturated rings. The van der Waals surface area contributed by atoms with Crippen LogP contribution in [0.5, 0.6) is 11.5 Å². The molecule has 0 bridgehead atoms. The van der Waals surface area contributed by atoms with Gasteiger partial charge in [0, 0.05) is 11.8 Å². The van der Waals surface area contributed by atoms with E-state index in [9.17, 15) is 0 Å². The molecule has 26 heavy (non-hydrogen) atoms. The summed E-state index contributed by atoms with van der Waals surface area (Å²) in [6.45, 7) is 8.85. The highest BCUT2D eigenvalue weighted by Crippen LogP contribution is 2.29. The van der Waals surface area contributed by atoms with Crippen LogP contribution in [-0.4, -0.2) is 24.4 Å². The first-order chi connectivity index (χ1) is 12.5. The van der Waals surface area contributed by atoms with Crippen LogP contribution in [0.25, 0.3) is 0 Å². The number of ether oxygens (including phenoxy) is 2. The average Bonchev–Trinajstić information content (AvgIpc) is 2.62. The van der Waals surface area contributed by atoms with Gasteiger partial charge in [-0.2, -0.15) is 0 Å². The molecule has 0 N–H and O–H groups in total. The molecule has 5 heteroatoms. The molecule has 2 rings (SSSR count). The molecule has 1 aromatic carbocycles. The second-order valence-corrected chi connectivity index (χ2v) is 5.95. The fourth-order valence-corrected chi connectivity index (χ4v) is 2.58. The normalized spacial score (nSPS) is 11.7. The van der Waals surface area contributed by atoms with Gasteiger partial charge in [0.25, 0.3) is 0 Å². The van der Waals surface area contributed by atoms with Gasteiger partial charge in [0.1, 0.15) is 31.8 Å². The molecule has 138 valence electrons. The second-order valence-electron chi connectivity index (χ2n) is 5.95. The molecule has 0 aliphatic carbocycles. The summed E-state index contributed by atoms with van der Waals surface area (Å²) in [4.78, 5) is 9.20. The van der Waals surface area contributed by atoms with Gasteiger partial charge in [0.2, 0.25) is 0 Å². The summed E-state index contributed by atoms with van der Waals surface area (Å²) in [5, 5.41) is 3.95. The first kappa shape index (κ1) is 19.5. The molecule has 0 radical (unpaired) electrons. The van der Waals surface area contributed by atoms with E-state index in [1.807, 2.05) is 64.1 Å². The van der Waals surface area contributed by atoms with Crippen molar-refractivity contribution in [2.45, 2.75) is 34.3 Å². The molecular weight excluding hydrogens is 328 g/mol. The van der Waals surface area contributed by atoms with E-state index in [-0.39, 0.29) is 0 Å². The maximum atomic E-state index is 6.03. The predicted molar refractivity (Wildman–Crippen MR) is 104 cm³/mol. The van der Waals surface area contributed by atoms with Crippen LogP contribution in [0.4, 0.5) is 0 Å². The molecule has 1 heterocycles. The van der Waals surface area contributed by atoms with Crippen LogP contribution in [0, 0.1) is 13.8 Å². The van der Waals surface area contributed by atoms with E-state index in [1.54, 1.807) is 6.20 Å². The monoisotopic (exact) mass is 354 g/mol. The molecule has 0 spiro atoms. The van der Waals surface area contributed by atoms with Crippen molar-refractivity contribution < 1.29 is 14.3 Å². The minimum absolute atomic E-state index is 0.383. The summed E-state index contributed by atoms with van der Waals surface area (Å²) in [5.74, 6) is 1.70. The van der Waals surface area contributed by atoms with Crippen LogP contribution in [-0.2, 0) is 11.4 Å². The maximum Gasteiger partial charge on any atom is 0.130 e. The lowest BCUT2D eigenvalue weighted by Gasteiger charge is -2.14. The summed E-state index contributed by atoms with van der Waals surface area (Å²) in [6, 6.07) is 7.84. The lowest BCUT2D eigenvalue weighted by Crippen LogP contribution is -2.04. The third-order valence-electron chi connectivity index (χ3n) is 3.84. The summed E-state index contributed by atoms with van der Waals surface area (Å²) in [5.41, 5.74) is 4.66. The van der Waals surface area contributed by atoms with Crippen molar-refractivity contribution >= 4 is 5.71 Å². The minimum Gasteiger partial charge on any atom is -0.490 e. The summed E-state index contributed by atoms with van der Waals surface area (Å²) in [7, 11) is 1.53. The number of hydrogen-bond donors (Lipinski definition) is 0. The first-order valence-corrected chi connectivity index (χ1v) is 8.56. The van der Waals surface area contributed by atoms with E-state index in [0.29, 0.717) is 13.2 Å². The van der Waals surface area contributed by atoms with Gasteiger partial charge in [-0.05, 0) is 63.1 Å². The molecular formula is C21H26N2O3. The van der Waals surface area contributed by atoms with Crippen LogP contribution in [0.15, 0.2) is 47.8 Å². The summed E-state index contributed by atoms with van der Waals surface area (Å²) < 4.78 is 11.7. The second kappa shape index (κ2) is 9.61. The highest BCUT2D eigenvalue weighted by Gasteiger charge is 2.09. The number of aryl methyl sites for hydroxylation is 2. The van der Waals surface area contributed by atoms with Gasteiger partial charge in [-0.1, -0.05) is 17.3 Å². The van der Waals surface area contributed by atoms with Gasteiger partial charge in [-0.15, -0.1) is 0 Å². The van der Waals surface area contributed by atoms with Crippen molar-refractivity contribution in [3.63, 3.8) is 0 Å². The largest absolute Gasteiger partial charge is 0.490 e. The average molecular weight is 354 g/mol. The Labute approximate surface area is 155 Å². The van der Waals surface area contributed by atoms with Crippen LogP contribution in [0.3, 0.4) is 0 Å². The first-order valence-electron chi connectivity index (χ1n) is 8.56. The number of rotatable bonds is 8. The Morgan fingerprint density at radius 3 is 2.54 bits per heavy atom. The Balaban J connectivity index is 2.10. The zero-order chi connectivity index (χ0) is 18.9. The Hall–Kier alpha value is -2.82. The molecule has 0 unspecified atom stereocenters. The lowest BCUT2D eigenvalue weighted by molar-refractivity contribution is 0.213. The maximum absolute atomic E-state index is 6.03. The predicted octanol–water partition coefficient (Wildman–Crippen LogP) is 4.60. The van der Waals surface area contributed by atoms with E-state index in [4.69, 9.17) is 14.3 Å². The summed E-state index contributed by atoms with van der Waals surface area (Å²) >= 11 is 0. The molecule has 0 aliphatic heterocycles. The van der Waals surface area contributed by atoms with Crippen molar-refractivity contribution in [3.05, 3.63) is 65.0 Å². The number of benzene rings is 1. The molecule has 1 aromatic heterocycles. The van der Waals surface area contributed by atoms with Crippen molar-refractivity contribution in [2.75, 3.05) is 13.7 Å². The van der Waals surface area contributed by atoms with Crippen molar-refractivity contribution in [2.24, 2.45) is 5.16 Å². The third kappa shape index (κ3) is 5.34. The Morgan fingerprint density at radius 1 is 1.15 bits per heavy atom. The Kier molecular flexibility index (Phi) is 7.21. The van der Waals surface area contributed by atoms with Gasteiger partial charge in [-0.25, -0.2) is 0 Å². The van der Waals surface area contributed by atoms with Gasteiger partial charge in [0.05, 0.1) is 11.4 Å². The molecule has 5 nitrogen and oxygen atoms in total. The van der Waals surface area contributed by atoms with Crippen molar-refractivity contribution in [3.8, 4) is 11.5 Å². The number of nitrogens with zero attached hydrogens (tertiary/aromatic N) is 2. The molecule has 2 aromatic rings. The number of allylic oxidation sites excluding steroid dienone is 1. The van der Waals surface area contributed by atoms with Crippen LogP contribution < -0.4 is 9.47 Å². The Morgan fingerprint density at radius 2 is 1.88 bits per heavy atom. The van der Waals surface area contributed by atoms with E-state index >= 15 is 0 Å². The van der Waals surface area contributed by atoms with E-state index in [1.165, 1.54) is 7.11 Å². The smallest absolute Gasteiger partial charge is 0.130 e. The topological polar surface area (TPSA) is 52.9 Å². The SMILES string of the molecule is C/C=C/COc1cc(C)c(OCc2cc(C(C)=NOC)ccn2)c(C)c1. The fraction of sp³-hybridized carbons (Fsp3) is 0.333. The third-order valence-corrected chi connectivity index (χ3v) is 3.84. The van der Waals surface area contributed by atoms with Gasteiger partial charge >= 0.3 is 0 Å². The fourth-order valence-electron chi connectivity index (χ4n) is 2.58. The molecule has 0 saturated carbocycles. The molecule has 0 saturated heterocycles. The number of pyridine rings is 1. The van der Waals surface area contributed by atoms with E-state index < -0.39 is 0 Å². The zero-order valence-electron chi connectivity index (χ0n) is 16.1. The molecule has 0 aliphatic rings. The van der Waals surface area contributed by atoms with Crippen LogP contribution in [0.2, 0.25) is 0 Å². The number of oxime groups is 1. The summed E-state index contributed by atoms with van der Waals surface area (Å²) in [6.07, 6.45) is 5.70. The van der Waals surface area contributed by atoms with Crippen molar-refractivity contribution in [1.29, 1.82) is 0 Å². The van der Waals surface area contributed by atoms with Gasteiger partial charge < -0.3 is 14.3 Å². The number of aromatic nitrogens is 1. The number of hydrogen-bond acceptors (Lipinski definition) is 5. The minimum atomic E-state index is 0.383. The van der Waals surface area contributed by atoms with E-state index in [2.05, 4.69) is 10.1 Å². The van der Waals surface area contributed by atoms with Crippen LogP contribution in [0.1, 0.15) is 36.2 Å². The zero-order valence-corrected chi connectivity index (χ0v) is 16.1.